The molecule has 0 unspecified atom stereocenters. The predicted molar refractivity (Wildman–Crippen MR) is 129 cm³/mol. The summed E-state index contributed by atoms with van der Waals surface area (Å²) >= 11 is 0. The average Bonchev–Trinajstić information content (AvgIpc) is 3.31. The van der Waals surface area contributed by atoms with E-state index in [4.69, 9.17) is 14.2 Å². The van der Waals surface area contributed by atoms with E-state index in [2.05, 4.69) is 4.90 Å². The Bertz CT molecular complexity index is 1080. The standard InChI is InChI=1S/C27H31NO5/c1-27(2)13-12-21-23(33-27)11-8-20(26(21)30)22(29)9-6-19-7-10-24(25(18-19)31-3)32-17-16-28-14-4-5-15-28/h6-13,18,30H,4-5,14-17H2,1-3H3/b9-6+. The lowest BCUT2D eigenvalue weighted by Gasteiger charge is -2.28. The molecule has 33 heavy (non-hydrogen) atoms. The molecule has 2 aromatic rings. The maximum Gasteiger partial charge on any atom is 0.189 e. The summed E-state index contributed by atoms with van der Waals surface area (Å²) in [7, 11) is 1.60. The summed E-state index contributed by atoms with van der Waals surface area (Å²) in [6.07, 6.45) is 9.32. The molecule has 2 heterocycles. The second kappa shape index (κ2) is 9.71. The van der Waals surface area contributed by atoms with Gasteiger partial charge in [0, 0.05) is 6.54 Å². The second-order valence-corrected chi connectivity index (χ2v) is 8.92. The number of carbonyl (C=O) groups is 1. The second-order valence-electron chi connectivity index (χ2n) is 8.92. The number of rotatable bonds is 8. The monoisotopic (exact) mass is 449 g/mol. The van der Waals surface area contributed by atoms with Gasteiger partial charge in [0.15, 0.2) is 17.3 Å². The lowest BCUT2D eigenvalue weighted by Crippen LogP contribution is -2.27. The number of allylic oxidation sites excluding steroid dienone is 1. The fourth-order valence-corrected chi connectivity index (χ4v) is 4.10. The summed E-state index contributed by atoms with van der Waals surface area (Å²) in [5.74, 6) is 1.49. The van der Waals surface area contributed by atoms with Crippen molar-refractivity contribution < 1.29 is 24.1 Å². The van der Waals surface area contributed by atoms with E-state index >= 15 is 0 Å². The van der Waals surface area contributed by atoms with Crippen molar-refractivity contribution in [2.24, 2.45) is 0 Å². The van der Waals surface area contributed by atoms with Crippen LogP contribution in [-0.4, -0.2) is 54.7 Å². The first kappa shape index (κ1) is 22.9. The Morgan fingerprint density at radius 2 is 1.97 bits per heavy atom. The number of ketones is 1. The van der Waals surface area contributed by atoms with Crippen molar-refractivity contribution in [3.05, 3.63) is 59.2 Å². The first-order valence-corrected chi connectivity index (χ1v) is 11.4. The van der Waals surface area contributed by atoms with E-state index in [9.17, 15) is 9.90 Å². The van der Waals surface area contributed by atoms with Gasteiger partial charge in [0.25, 0.3) is 0 Å². The topological polar surface area (TPSA) is 68.2 Å². The summed E-state index contributed by atoms with van der Waals surface area (Å²) in [4.78, 5) is 15.2. The van der Waals surface area contributed by atoms with Crippen molar-refractivity contribution in [2.45, 2.75) is 32.3 Å². The van der Waals surface area contributed by atoms with Gasteiger partial charge in [-0.25, -0.2) is 0 Å². The lowest BCUT2D eigenvalue weighted by molar-refractivity contribution is 0.104. The van der Waals surface area contributed by atoms with E-state index in [-0.39, 0.29) is 17.1 Å². The van der Waals surface area contributed by atoms with Gasteiger partial charge in [-0.1, -0.05) is 12.1 Å². The van der Waals surface area contributed by atoms with Crippen LogP contribution in [0.2, 0.25) is 0 Å². The maximum absolute atomic E-state index is 12.8. The highest BCUT2D eigenvalue weighted by molar-refractivity contribution is 6.09. The molecule has 2 aliphatic rings. The highest BCUT2D eigenvalue weighted by Crippen LogP contribution is 2.38. The van der Waals surface area contributed by atoms with Crippen LogP contribution in [0.15, 0.2) is 42.5 Å². The van der Waals surface area contributed by atoms with Gasteiger partial charge < -0.3 is 19.3 Å². The molecule has 0 bridgehead atoms. The van der Waals surface area contributed by atoms with Crippen LogP contribution in [-0.2, 0) is 0 Å². The molecule has 0 aliphatic carbocycles. The van der Waals surface area contributed by atoms with Gasteiger partial charge in [-0.15, -0.1) is 0 Å². The highest BCUT2D eigenvalue weighted by Gasteiger charge is 2.25. The molecule has 0 spiro atoms. The van der Waals surface area contributed by atoms with Crippen molar-refractivity contribution in [1.29, 1.82) is 0 Å². The van der Waals surface area contributed by atoms with Crippen LogP contribution < -0.4 is 14.2 Å². The van der Waals surface area contributed by atoms with Crippen LogP contribution in [0.3, 0.4) is 0 Å². The number of methoxy groups -OCH3 is 1. The molecular formula is C27H31NO5. The quantitative estimate of drug-likeness (QED) is 0.454. The number of hydrogen-bond acceptors (Lipinski definition) is 6. The van der Waals surface area contributed by atoms with Crippen LogP contribution in [0, 0.1) is 0 Å². The van der Waals surface area contributed by atoms with Crippen LogP contribution in [0.25, 0.3) is 12.2 Å². The molecule has 0 amide bonds. The molecule has 0 aromatic heterocycles. The van der Waals surface area contributed by atoms with E-state index in [0.717, 1.165) is 25.2 Å². The largest absolute Gasteiger partial charge is 0.506 e. The number of phenolic OH excluding ortho intramolecular Hbond substituents is 1. The number of benzene rings is 2. The molecule has 1 fully saturated rings. The van der Waals surface area contributed by atoms with Gasteiger partial charge in [0.1, 0.15) is 23.7 Å². The Balaban J connectivity index is 1.43. The molecule has 1 N–H and O–H groups in total. The van der Waals surface area contributed by atoms with Gasteiger partial charge in [-0.2, -0.15) is 0 Å². The van der Waals surface area contributed by atoms with Gasteiger partial charge in [0.2, 0.25) is 0 Å². The predicted octanol–water partition coefficient (Wildman–Crippen LogP) is 4.96. The van der Waals surface area contributed by atoms with Gasteiger partial charge >= 0.3 is 0 Å². The van der Waals surface area contributed by atoms with E-state index < -0.39 is 5.60 Å². The first-order chi connectivity index (χ1) is 15.9. The van der Waals surface area contributed by atoms with Crippen LogP contribution in [0.5, 0.6) is 23.0 Å². The number of fused-ring (bicyclic) bond motifs is 1. The minimum absolute atomic E-state index is 0.0757. The van der Waals surface area contributed by atoms with E-state index in [0.29, 0.717) is 29.4 Å². The molecule has 6 nitrogen and oxygen atoms in total. The Labute approximate surface area is 195 Å². The van der Waals surface area contributed by atoms with Crippen molar-refractivity contribution in [2.75, 3.05) is 33.4 Å². The minimum Gasteiger partial charge on any atom is -0.506 e. The van der Waals surface area contributed by atoms with Crippen LogP contribution in [0.1, 0.15) is 48.2 Å². The summed E-state index contributed by atoms with van der Waals surface area (Å²) in [6.45, 7) is 7.66. The molecule has 174 valence electrons. The molecule has 1 saturated heterocycles. The van der Waals surface area contributed by atoms with E-state index in [1.165, 1.54) is 18.9 Å². The highest BCUT2D eigenvalue weighted by atomic mass is 16.5. The summed E-state index contributed by atoms with van der Waals surface area (Å²) in [5, 5.41) is 10.6. The van der Waals surface area contributed by atoms with Crippen molar-refractivity contribution >= 4 is 17.9 Å². The number of aromatic hydroxyl groups is 1. The molecule has 2 aliphatic heterocycles. The number of hydrogen-bond donors (Lipinski definition) is 1. The third-order valence-electron chi connectivity index (χ3n) is 5.95. The fourth-order valence-electron chi connectivity index (χ4n) is 4.10. The fraction of sp³-hybridized carbons (Fsp3) is 0.370. The van der Waals surface area contributed by atoms with Crippen molar-refractivity contribution in [3.8, 4) is 23.0 Å². The molecule has 0 radical (unpaired) electrons. The lowest BCUT2D eigenvalue weighted by atomic mass is 9.98. The number of phenols is 1. The molecule has 6 heteroatoms. The van der Waals surface area contributed by atoms with E-state index in [1.807, 2.05) is 38.1 Å². The maximum atomic E-state index is 12.8. The van der Waals surface area contributed by atoms with Gasteiger partial charge in [-0.3, -0.25) is 9.69 Å². The minimum atomic E-state index is -0.450. The number of carbonyl (C=O) groups excluding carboxylic acids is 1. The smallest absolute Gasteiger partial charge is 0.189 e. The molecule has 0 saturated carbocycles. The van der Waals surface area contributed by atoms with Gasteiger partial charge in [-0.05, 0) is 87.8 Å². The third kappa shape index (κ3) is 5.40. The average molecular weight is 450 g/mol. The first-order valence-electron chi connectivity index (χ1n) is 11.4. The molecular weight excluding hydrogens is 418 g/mol. The van der Waals surface area contributed by atoms with Crippen LogP contribution >= 0.6 is 0 Å². The normalized spacial score (nSPS) is 17.1. The summed E-state index contributed by atoms with van der Waals surface area (Å²) < 4.78 is 17.2. The SMILES string of the molecule is COc1cc(/C=C/C(=O)c2ccc3c(c2O)C=CC(C)(C)O3)ccc1OCCN1CCCC1. The number of ether oxygens (including phenoxy) is 3. The summed E-state index contributed by atoms with van der Waals surface area (Å²) in [6, 6.07) is 8.88. The zero-order chi connectivity index (χ0) is 23.4. The molecule has 2 aromatic carbocycles. The van der Waals surface area contributed by atoms with Gasteiger partial charge in [0.05, 0.1) is 18.2 Å². The Hall–Kier alpha value is -3.25. The van der Waals surface area contributed by atoms with E-state index in [1.54, 1.807) is 31.4 Å². The Kier molecular flexibility index (Phi) is 6.75. The number of likely N-dealkylation sites (tertiary alicyclic amines) is 1. The molecule has 4 rings (SSSR count). The zero-order valence-electron chi connectivity index (χ0n) is 19.5. The third-order valence-corrected chi connectivity index (χ3v) is 5.95. The zero-order valence-corrected chi connectivity index (χ0v) is 19.5. The molecule has 0 atom stereocenters. The van der Waals surface area contributed by atoms with Crippen molar-refractivity contribution in [3.63, 3.8) is 0 Å². The number of nitrogens with zero attached hydrogens (tertiary/aromatic N) is 1. The summed E-state index contributed by atoms with van der Waals surface area (Å²) in [5.41, 5.74) is 1.10. The van der Waals surface area contributed by atoms with Crippen molar-refractivity contribution in [1.82, 2.24) is 4.90 Å². The Morgan fingerprint density at radius 3 is 2.73 bits per heavy atom. The Morgan fingerprint density at radius 1 is 1.18 bits per heavy atom. The van der Waals surface area contributed by atoms with Crippen LogP contribution in [0.4, 0.5) is 0 Å².